The van der Waals surface area contributed by atoms with E-state index in [0.29, 0.717) is 18.0 Å². The quantitative estimate of drug-likeness (QED) is 0.0823. The van der Waals surface area contributed by atoms with Crippen LogP contribution in [0.5, 0.6) is 28.7 Å². The molecular weight excluding hydrogens is 726 g/mol. The molecule has 1 aliphatic rings. The van der Waals surface area contributed by atoms with Crippen molar-refractivity contribution in [3.05, 3.63) is 72.1 Å². The minimum atomic E-state index is -1.14. The van der Waals surface area contributed by atoms with Gasteiger partial charge < -0.3 is 39.0 Å². The van der Waals surface area contributed by atoms with Crippen molar-refractivity contribution in [2.45, 2.75) is 77.9 Å². The fourth-order valence-corrected chi connectivity index (χ4v) is 6.34. The Morgan fingerprint density at radius 2 is 1.30 bits per heavy atom. The number of ether oxygens (including phenoxy) is 5. The number of carboxylic acid groups (broad SMARTS) is 1. The van der Waals surface area contributed by atoms with Crippen LogP contribution in [0.2, 0.25) is 0 Å². The number of methoxy groups -OCH3 is 1. The standard InChI is InChI=1S/C41H45N3O12/c1-23(45)24(2)55-30-12-14-32(34(46)20-30)39-42-36(17-26-8-10-29(52-4)11-9-26)43-40(44-39)33-15-13-31(21-35(33)47)56-25(3)41(51)54-22-53-38(50)19-28-7-5-6-27(16-28)18-37(48)49/h8-15,20-21,24-25,27-28,46-47H,5-7,16-19,22H2,1-4H3,(H,48,49). The molecule has 0 spiro atoms. The zero-order valence-corrected chi connectivity index (χ0v) is 31.6. The molecule has 4 atom stereocenters. The second-order valence-electron chi connectivity index (χ2n) is 13.7. The Morgan fingerprint density at radius 3 is 1.84 bits per heavy atom. The van der Waals surface area contributed by atoms with Crippen LogP contribution in [-0.2, 0) is 35.1 Å². The topological polar surface area (TPSA) is 214 Å². The number of aromatic nitrogens is 3. The first-order chi connectivity index (χ1) is 26.8. The Morgan fingerprint density at radius 1 is 0.750 bits per heavy atom. The average molecular weight is 772 g/mol. The number of ketones is 1. The lowest BCUT2D eigenvalue weighted by Gasteiger charge is -2.27. The van der Waals surface area contributed by atoms with Gasteiger partial charge in [-0.2, -0.15) is 0 Å². The number of benzene rings is 3. The van der Waals surface area contributed by atoms with Crippen LogP contribution < -0.4 is 14.2 Å². The molecule has 56 heavy (non-hydrogen) atoms. The number of hydrogen-bond acceptors (Lipinski definition) is 14. The summed E-state index contributed by atoms with van der Waals surface area (Å²) in [6.07, 6.45) is 1.71. The highest BCUT2D eigenvalue weighted by atomic mass is 16.7. The van der Waals surface area contributed by atoms with Crippen LogP contribution in [0.25, 0.3) is 22.8 Å². The average Bonchev–Trinajstić information content (AvgIpc) is 3.15. The van der Waals surface area contributed by atoms with Crippen molar-refractivity contribution in [2.24, 2.45) is 11.8 Å². The summed E-state index contributed by atoms with van der Waals surface area (Å²) in [5.74, 6) is -1.20. The molecule has 0 amide bonds. The van der Waals surface area contributed by atoms with E-state index in [9.17, 15) is 29.4 Å². The van der Waals surface area contributed by atoms with E-state index in [0.717, 1.165) is 24.8 Å². The highest BCUT2D eigenvalue weighted by Crippen LogP contribution is 2.36. The number of esters is 2. The predicted octanol–water partition coefficient (Wildman–Crippen LogP) is 6.05. The number of carbonyl (C=O) groups excluding carboxylic acids is 3. The fraction of sp³-hybridized carbons (Fsp3) is 0.390. The highest BCUT2D eigenvalue weighted by Gasteiger charge is 2.27. The van der Waals surface area contributed by atoms with E-state index in [1.165, 1.54) is 38.1 Å². The molecule has 1 aromatic heterocycles. The zero-order valence-electron chi connectivity index (χ0n) is 31.6. The van der Waals surface area contributed by atoms with E-state index in [-0.39, 0.29) is 82.7 Å². The van der Waals surface area contributed by atoms with Gasteiger partial charge in [0.25, 0.3) is 0 Å². The highest BCUT2D eigenvalue weighted by molar-refractivity contribution is 5.80. The number of Topliss-reactive ketones (excluding diaryl/α,β-unsaturated/α-hetero) is 1. The molecule has 5 rings (SSSR count). The second kappa shape index (κ2) is 18.9. The van der Waals surface area contributed by atoms with Crippen molar-refractivity contribution in [3.63, 3.8) is 0 Å². The van der Waals surface area contributed by atoms with Crippen LogP contribution in [0.1, 0.15) is 70.7 Å². The maximum Gasteiger partial charge on any atom is 0.349 e. The van der Waals surface area contributed by atoms with Crippen LogP contribution in [-0.4, -0.2) is 80.1 Å². The molecule has 0 radical (unpaired) electrons. The molecule has 0 saturated heterocycles. The van der Waals surface area contributed by atoms with Crippen LogP contribution in [0, 0.1) is 11.8 Å². The maximum atomic E-state index is 12.6. The van der Waals surface area contributed by atoms with Crippen LogP contribution in [0.4, 0.5) is 0 Å². The molecule has 15 nitrogen and oxygen atoms in total. The molecular formula is C41H45N3O12. The lowest BCUT2D eigenvalue weighted by Crippen LogP contribution is -2.28. The lowest BCUT2D eigenvalue weighted by molar-refractivity contribution is -0.172. The smallest absolute Gasteiger partial charge is 0.349 e. The number of nitrogens with zero attached hydrogens (tertiary/aromatic N) is 3. The van der Waals surface area contributed by atoms with E-state index in [1.807, 2.05) is 12.1 Å². The van der Waals surface area contributed by atoms with Crippen molar-refractivity contribution < 1.29 is 58.2 Å². The van der Waals surface area contributed by atoms with Gasteiger partial charge in [-0.15, -0.1) is 0 Å². The van der Waals surface area contributed by atoms with Gasteiger partial charge in [0.15, 0.2) is 29.6 Å². The summed E-state index contributed by atoms with van der Waals surface area (Å²) in [4.78, 5) is 61.5. The molecule has 3 N–H and O–H groups in total. The number of carboxylic acids is 1. The Balaban J connectivity index is 1.26. The zero-order chi connectivity index (χ0) is 40.4. The van der Waals surface area contributed by atoms with E-state index in [2.05, 4.69) is 15.0 Å². The van der Waals surface area contributed by atoms with Gasteiger partial charge in [0.1, 0.15) is 34.6 Å². The summed E-state index contributed by atoms with van der Waals surface area (Å²) in [6, 6.07) is 16.1. The fourth-order valence-electron chi connectivity index (χ4n) is 6.34. The van der Waals surface area contributed by atoms with Gasteiger partial charge in [0.05, 0.1) is 18.2 Å². The molecule has 1 aliphatic carbocycles. The third-order valence-corrected chi connectivity index (χ3v) is 9.38. The number of phenolic OH excluding ortho intramolecular Hbond substituents is 2. The van der Waals surface area contributed by atoms with Crippen molar-refractivity contribution in [2.75, 3.05) is 13.9 Å². The summed E-state index contributed by atoms with van der Waals surface area (Å²) in [5.41, 5.74) is 1.32. The number of phenols is 2. The number of rotatable bonds is 17. The summed E-state index contributed by atoms with van der Waals surface area (Å²) in [5, 5.41) is 31.2. The number of carbonyl (C=O) groups is 4. The molecule has 296 valence electrons. The van der Waals surface area contributed by atoms with Crippen LogP contribution in [0.15, 0.2) is 60.7 Å². The summed E-state index contributed by atoms with van der Waals surface area (Å²) < 4.78 is 26.8. The van der Waals surface area contributed by atoms with Crippen LogP contribution >= 0.6 is 0 Å². The Bertz CT molecular complexity index is 2040. The van der Waals surface area contributed by atoms with Gasteiger partial charge in [0, 0.05) is 31.4 Å². The SMILES string of the molecule is COc1ccc(Cc2nc(-c3ccc(OC(C)C(C)=O)cc3O)nc(-c3ccc(OC(C)C(=O)OCOC(=O)CC4CCCC(CC(=O)O)C4)cc3O)n2)cc1. The molecule has 4 aromatic rings. The normalized spacial score (nSPS) is 16.2. The predicted molar refractivity (Wildman–Crippen MR) is 200 cm³/mol. The van der Waals surface area contributed by atoms with Gasteiger partial charge in [-0.1, -0.05) is 18.6 Å². The molecule has 15 heteroatoms. The van der Waals surface area contributed by atoms with Crippen molar-refractivity contribution in [1.29, 1.82) is 0 Å². The van der Waals surface area contributed by atoms with Crippen molar-refractivity contribution in [1.82, 2.24) is 15.0 Å². The van der Waals surface area contributed by atoms with Crippen molar-refractivity contribution in [3.8, 4) is 51.5 Å². The molecule has 0 aliphatic heterocycles. The Labute approximate surface area is 323 Å². The third kappa shape index (κ3) is 11.4. The molecule has 3 aromatic carbocycles. The van der Waals surface area contributed by atoms with Crippen molar-refractivity contribution >= 4 is 23.7 Å². The summed E-state index contributed by atoms with van der Waals surface area (Å²) in [7, 11) is 1.57. The Kier molecular flexibility index (Phi) is 13.8. The molecule has 0 bridgehead atoms. The van der Waals surface area contributed by atoms with Crippen LogP contribution in [0.3, 0.4) is 0 Å². The van der Waals surface area contributed by atoms with E-state index < -0.39 is 36.9 Å². The first kappa shape index (κ1) is 40.9. The molecule has 1 fully saturated rings. The number of hydrogen-bond donors (Lipinski definition) is 3. The first-order valence-corrected chi connectivity index (χ1v) is 18.2. The lowest BCUT2D eigenvalue weighted by atomic mass is 9.78. The summed E-state index contributed by atoms with van der Waals surface area (Å²) >= 11 is 0. The maximum absolute atomic E-state index is 12.6. The van der Waals surface area contributed by atoms with E-state index in [4.69, 9.17) is 28.8 Å². The minimum absolute atomic E-state index is 0.0144. The summed E-state index contributed by atoms with van der Waals surface area (Å²) in [6.45, 7) is 3.84. The van der Waals surface area contributed by atoms with Gasteiger partial charge in [0.2, 0.25) is 6.79 Å². The van der Waals surface area contributed by atoms with Gasteiger partial charge in [-0.05, 0) is 93.8 Å². The molecule has 1 saturated carbocycles. The monoisotopic (exact) mass is 771 g/mol. The van der Waals surface area contributed by atoms with Gasteiger partial charge in [-0.3, -0.25) is 14.4 Å². The number of aromatic hydroxyl groups is 2. The second-order valence-corrected chi connectivity index (χ2v) is 13.7. The third-order valence-electron chi connectivity index (χ3n) is 9.38. The van der Waals surface area contributed by atoms with E-state index in [1.54, 1.807) is 38.3 Å². The first-order valence-electron chi connectivity index (χ1n) is 18.2. The van der Waals surface area contributed by atoms with Gasteiger partial charge >= 0.3 is 17.9 Å². The Hall–Kier alpha value is -6.25. The van der Waals surface area contributed by atoms with Gasteiger partial charge in [-0.25, -0.2) is 19.7 Å². The molecule has 1 heterocycles. The minimum Gasteiger partial charge on any atom is -0.507 e. The number of aliphatic carboxylic acids is 1. The van der Waals surface area contributed by atoms with E-state index >= 15 is 0 Å². The molecule has 4 unspecified atom stereocenters. The largest absolute Gasteiger partial charge is 0.507 e.